The second-order valence-electron chi connectivity index (χ2n) is 4.18. The van der Waals surface area contributed by atoms with Gasteiger partial charge in [-0.3, -0.25) is 0 Å². The smallest absolute Gasteiger partial charge is 0.405 e. The van der Waals surface area contributed by atoms with Gasteiger partial charge in [-0.05, 0) is 17.7 Å². The standard InChI is InChI=1S/C13H15F3N2O4/c1-21-10-4-3-8(5-9(10)11(19)22-2)6-17-12(20)18-7-13(14,15)16/h3-5H,6-7H2,1-2H3,(H2,17,18,20). The number of hydrogen-bond donors (Lipinski definition) is 2. The molecule has 0 bridgehead atoms. The van der Waals surface area contributed by atoms with Gasteiger partial charge in [-0.1, -0.05) is 6.07 Å². The number of rotatable bonds is 5. The number of benzene rings is 1. The minimum Gasteiger partial charge on any atom is -0.496 e. The van der Waals surface area contributed by atoms with Crippen molar-refractivity contribution < 1.29 is 32.2 Å². The van der Waals surface area contributed by atoms with Crippen LogP contribution in [0.3, 0.4) is 0 Å². The van der Waals surface area contributed by atoms with E-state index < -0.39 is 24.7 Å². The Morgan fingerprint density at radius 3 is 2.41 bits per heavy atom. The van der Waals surface area contributed by atoms with Crippen LogP contribution in [-0.2, 0) is 11.3 Å². The van der Waals surface area contributed by atoms with E-state index in [0.29, 0.717) is 5.56 Å². The number of carbonyl (C=O) groups excluding carboxylic acids is 2. The second-order valence-corrected chi connectivity index (χ2v) is 4.18. The summed E-state index contributed by atoms with van der Waals surface area (Å²) < 4.78 is 45.4. The van der Waals surface area contributed by atoms with E-state index in [0.717, 1.165) is 0 Å². The van der Waals surface area contributed by atoms with Crippen molar-refractivity contribution in [2.24, 2.45) is 0 Å². The molecule has 0 aliphatic rings. The molecule has 0 aromatic heterocycles. The maximum Gasteiger partial charge on any atom is 0.405 e. The Labute approximate surface area is 124 Å². The largest absolute Gasteiger partial charge is 0.496 e. The van der Waals surface area contributed by atoms with E-state index in [1.165, 1.54) is 26.4 Å². The maximum atomic E-state index is 11.9. The zero-order valence-corrected chi connectivity index (χ0v) is 11.9. The highest BCUT2D eigenvalue weighted by atomic mass is 19.4. The average Bonchev–Trinajstić information content (AvgIpc) is 2.49. The molecule has 6 nitrogen and oxygen atoms in total. The van der Waals surface area contributed by atoms with E-state index in [4.69, 9.17) is 4.74 Å². The summed E-state index contributed by atoms with van der Waals surface area (Å²) in [5.74, 6) is -0.336. The van der Waals surface area contributed by atoms with Crippen LogP contribution < -0.4 is 15.4 Å². The zero-order chi connectivity index (χ0) is 16.8. The molecule has 0 saturated heterocycles. The topological polar surface area (TPSA) is 76.7 Å². The molecular formula is C13H15F3N2O4. The number of ether oxygens (including phenoxy) is 2. The molecule has 0 saturated carbocycles. The summed E-state index contributed by atoms with van der Waals surface area (Å²) in [6, 6.07) is 3.52. The minimum absolute atomic E-state index is 0.0579. The lowest BCUT2D eigenvalue weighted by molar-refractivity contribution is -0.122. The van der Waals surface area contributed by atoms with Crippen LogP contribution in [0, 0.1) is 0 Å². The molecular weight excluding hydrogens is 305 g/mol. The molecule has 1 rings (SSSR count). The number of methoxy groups -OCH3 is 2. The highest BCUT2D eigenvalue weighted by molar-refractivity contribution is 5.92. The third-order valence-electron chi connectivity index (χ3n) is 2.57. The highest BCUT2D eigenvalue weighted by Gasteiger charge is 2.27. The SMILES string of the molecule is COC(=O)c1cc(CNC(=O)NCC(F)(F)F)ccc1OC. The van der Waals surface area contributed by atoms with Gasteiger partial charge < -0.3 is 20.1 Å². The number of urea groups is 1. The first-order chi connectivity index (χ1) is 10.3. The van der Waals surface area contributed by atoms with Crippen LogP contribution in [0.1, 0.15) is 15.9 Å². The van der Waals surface area contributed by atoms with Crippen molar-refractivity contribution in [1.29, 1.82) is 0 Å². The summed E-state index contributed by atoms with van der Waals surface area (Å²) >= 11 is 0. The fourth-order valence-electron chi connectivity index (χ4n) is 1.56. The van der Waals surface area contributed by atoms with Crippen molar-refractivity contribution in [2.45, 2.75) is 12.7 Å². The van der Waals surface area contributed by atoms with Gasteiger partial charge in [-0.2, -0.15) is 13.2 Å². The molecule has 0 atom stereocenters. The van der Waals surface area contributed by atoms with Gasteiger partial charge >= 0.3 is 18.2 Å². The summed E-state index contributed by atoms with van der Waals surface area (Å²) in [7, 11) is 2.58. The summed E-state index contributed by atoms with van der Waals surface area (Å²) in [5, 5.41) is 3.92. The third kappa shape index (κ3) is 5.51. The van der Waals surface area contributed by atoms with E-state index in [2.05, 4.69) is 10.1 Å². The van der Waals surface area contributed by atoms with Gasteiger partial charge in [0.05, 0.1) is 14.2 Å². The van der Waals surface area contributed by atoms with Crippen LogP contribution in [0.2, 0.25) is 0 Å². The van der Waals surface area contributed by atoms with Crippen LogP contribution in [-0.4, -0.2) is 38.9 Å². The predicted octanol–water partition coefficient (Wildman–Crippen LogP) is 1.84. The number of halogens is 3. The fraction of sp³-hybridized carbons (Fsp3) is 0.385. The maximum absolute atomic E-state index is 11.9. The molecule has 22 heavy (non-hydrogen) atoms. The van der Waals surface area contributed by atoms with Crippen molar-refractivity contribution in [1.82, 2.24) is 10.6 Å². The molecule has 0 aliphatic carbocycles. The summed E-state index contributed by atoms with van der Waals surface area (Å²) in [6.07, 6.45) is -4.48. The third-order valence-corrected chi connectivity index (χ3v) is 2.57. The Morgan fingerprint density at radius 1 is 1.18 bits per heavy atom. The van der Waals surface area contributed by atoms with Crippen LogP contribution in [0.5, 0.6) is 5.75 Å². The van der Waals surface area contributed by atoms with Crippen molar-refractivity contribution in [2.75, 3.05) is 20.8 Å². The van der Waals surface area contributed by atoms with Crippen molar-refractivity contribution in [3.8, 4) is 5.75 Å². The second kappa shape index (κ2) is 7.53. The fourth-order valence-corrected chi connectivity index (χ4v) is 1.56. The quantitative estimate of drug-likeness (QED) is 0.812. The van der Waals surface area contributed by atoms with Gasteiger partial charge in [0.25, 0.3) is 0 Å². The van der Waals surface area contributed by atoms with E-state index >= 15 is 0 Å². The van der Waals surface area contributed by atoms with Gasteiger partial charge in [0.2, 0.25) is 0 Å². The Morgan fingerprint density at radius 2 is 1.86 bits per heavy atom. The number of hydrogen-bond acceptors (Lipinski definition) is 4. The molecule has 122 valence electrons. The van der Waals surface area contributed by atoms with Gasteiger partial charge in [0, 0.05) is 6.54 Å². The normalized spacial score (nSPS) is 10.8. The molecule has 0 aliphatic heterocycles. The molecule has 1 aromatic carbocycles. The van der Waals surface area contributed by atoms with E-state index in [9.17, 15) is 22.8 Å². The highest BCUT2D eigenvalue weighted by Crippen LogP contribution is 2.20. The van der Waals surface area contributed by atoms with Crippen molar-refractivity contribution in [3.05, 3.63) is 29.3 Å². The Hall–Kier alpha value is -2.45. The number of carbonyl (C=O) groups is 2. The zero-order valence-electron chi connectivity index (χ0n) is 11.9. The first-order valence-electron chi connectivity index (χ1n) is 6.10. The minimum atomic E-state index is -4.48. The lowest BCUT2D eigenvalue weighted by atomic mass is 10.1. The molecule has 0 fully saturated rings. The number of esters is 1. The van der Waals surface area contributed by atoms with Crippen LogP contribution in [0.4, 0.5) is 18.0 Å². The lowest BCUT2D eigenvalue weighted by Crippen LogP contribution is -2.40. The average molecular weight is 320 g/mol. The molecule has 0 spiro atoms. The first-order valence-corrected chi connectivity index (χ1v) is 6.10. The van der Waals surface area contributed by atoms with Crippen LogP contribution in [0.15, 0.2) is 18.2 Å². The van der Waals surface area contributed by atoms with Gasteiger partial charge in [-0.15, -0.1) is 0 Å². The van der Waals surface area contributed by atoms with Crippen molar-refractivity contribution >= 4 is 12.0 Å². The predicted molar refractivity (Wildman–Crippen MR) is 70.6 cm³/mol. The summed E-state index contributed by atoms with van der Waals surface area (Å²) in [5.41, 5.74) is 0.656. The van der Waals surface area contributed by atoms with E-state index in [-0.39, 0.29) is 17.9 Å². The Bertz CT molecular complexity index is 547. The molecule has 2 N–H and O–H groups in total. The Kier molecular flexibility index (Phi) is 6.02. The number of amides is 2. The monoisotopic (exact) mass is 320 g/mol. The van der Waals surface area contributed by atoms with Crippen molar-refractivity contribution in [3.63, 3.8) is 0 Å². The summed E-state index contributed by atoms with van der Waals surface area (Å²) in [6.45, 7) is -1.48. The number of nitrogens with one attached hydrogen (secondary N) is 2. The molecule has 1 aromatic rings. The first kappa shape index (κ1) is 17.6. The summed E-state index contributed by atoms with van der Waals surface area (Å²) in [4.78, 5) is 22.8. The molecule has 9 heteroatoms. The van der Waals surface area contributed by atoms with E-state index in [1.807, 2.05) is 0 Å². The number of alkyl halides is 3. The molecule has 2 amide bonds. The Balaban J connectivity index is 2.67. The van der Waals surface area contributed by atoms with Gasteiger partial charge in [0.1, 0.15) is 17.9 Å². The van der Waals surface area contributed by atoms with Gasteiger partial charge in [0.15, 0.2) is 0 Å². The molecule has 0 radical (unpaired) electrons. The van der Waals surface area contributed by atoms with Crippen LogP contribution in [0.25, 0.3) is 0 Å². The molecule has 0 heterocycles. The van der Waals surface area contributed by atoms with Crippen LogP contribution >= 0.6 is 0 Å². The lowest BCUT2D eigenvalue weighted by Gasteiger charge is -2.11. The molecule has 0 unspecified atom stereocenters. The van der Waals surface area contributed by atoms with E-state index in [1.54, 1.807) is 11.4 Å². The van der Waals surface area contributed by atoms with Gasteiger partial charge in [-0.25, -0.2) is 9.59 Å².